The van der Waals surface area contributed by atoms with E-state index in [2.05, 4.69) is 5.32 Å². The van der Waals surface area contributed by atoms with Crippen LogP contribution in [0.3, 0.4) is 0 Å². The molecule has 1 atom stereocenters. The minimum atomic E-state index is -4.51. The summed E-state index contributed by atoms with van der Waals surface area (Å²) in [5, 5.41) is 11.5. The number of nitrogens with zero attached hydrogens (tertiary/aromatic N) is 1. The zero-order valence-corrected chi connectivity index (χ0v) is 10.8. The van der Waals surface area contributed by atoms with Gasteiger partial charge in [-0.25, -0.2) is 0 Å². The van der Waals surface area contributed by atoms with Crippen LogP contribution >= 0.6 is 0 Å². The lowest BCUT2D eigenvalue weighted by atomic mass is 10.0. The third-order valence-corrected chi connectivity index (χ3v) is 3.23. The van der Waals surface area contributed by atoms with Crippen LogP contribution in [0.1, 0.15) is 12.0 Å². The van der Waals surface area contributed by atoms with Gasteiger partial charge in [0.1, 0.15) is 0 Å². The molecule has 1 saturated heterocycles. The maximum atomic E-state index is 13.2. The zero-order valence-electron chi connectivity index (χ0n) is 10.8. The molecule has 1 aromatic rings. The summed E-state index contributed by atoms with van der Waals surface area (Å²) in [5.74, 6) is 0.0899. The van der Waals surface area contributed by atoms with Crippen molar-refractivity contribution in [2.24, 2.45) is 0 Å². The van der Waals surface area contributed by atoms with Gasteiger partial charge in [0.25, 0.3) is 0 Å². The lowest BCUT2D eigenvalue weighted by Crippen LogP contribution is -2.52. The highest BCUT2D eigenvalue weighted by Gasteiger charge is 2.59. The molecule has 20 heavy (non-hydrogen) atoms. The first kappa shape index (κ1) is 14.5. The van der Waals surface area contributed by atoms with Gasteiger partial charge in [-0.2, -0.15) is 18.4 Å². The standard InChI is InChI=1S/C13H13F3N2O2/c1-19-10-3-2-9(7-17)6-11(10)20-12(13(14,15)16)4-5-18-8-12/h2-3,6,18H,4-5,8H2,1H3. The van der Waals surface area contributed by atoms with Crippen molar-refractivity contribution in [2.45, 2.75) is 18.2 Å². The van der Waals surface area contributed by atoms with E-state index >= 15 is 0 Å². The van der Waals surface area contributed by atoms with Gasteiger partial charge in [-0.15, -0.1) is 0 Å². The number of hydrogen-bond donors (Lipinski definition) is 1. The Morgan fingerprint density at radius 2 is 2.10 bits per heavy atom. The largest absolute Gasteiger partial charge is 0.493 e. The fourth-order valence-electron chi connectivity index (χ4n) is 2.09. The summed E-state index contributed by atoms with van der Waals surface area (Å²) in [5.41, 5.74) is -2.07. The molecule has 7 heteroatoms. The molecule has 1 heterocycles. The zero-order chi connectivity index (χ0) is 14.8. The number of benzene rings is 1. The molecule has 0 aliphatic carbocycles. The lowest BCUT2D eigenvalue weighted by molar-refractivity contribution is -0.240. The maximum Gasteiger partial charge on any atom is 0.429 e. The Morgan fingerprint density at radius 3 is 2.60 bits per heavy atom. The average Bonchev–Trinajstić information content (AvgIpc) is 2.88. The second-order valence-electron chi connectivity index (χ2n) is 4.50. The molecule has 0 saturated carbocycles. The SMILES string of the molecule is COc1ccc(C#N)cc1OC1(C(F)(F)F)CCNC1. The highest BCUT2D eigenvalue weighted by atomic mass is 19.4. The van der Waals surface area contributed by atoms with Gasteiger partial charge in [-0.1, -0.05) is 0 Å². The first-order valence-corrected chi connectivity index (χ1v) is 5.96. The maximum absolute atomic E-state index is 13.2. The summed E-state index contributed by atoms with van der Waals surface area (Å²) in [6.45, 7) is -0.101. The van der Waals surface area contributed by atoms with Crippen molar-refractivity contribution in [1.82, 2.24) is 5.32 Å². The molecule has 1 unspecified atom stereocenters. The van der Waals surface area contributed by atoms with Gasteiger partial charge in [0.2, 0.25) is 5.60 Å². The van der Waals surface area contributed by atoms with E-state index in [1.165, 1.54) is 25.3 Å². The summed E-state index contributed by atoms with van der Waals surface area (Å²) in [6.07, 6.45) is -4.69. The van der Waals surface area contributed by atoms with E-state index < -0.39 is 11.8 Å². The van der Waals surface area contributed by atoms with E-state index in [1.807, 2.05) is 6.07 Å². The summed E-state index contributed by atoms with van der Waals surface area (Å²) in [6, 6.07) is 5.99. The smallest absolute Gasteiger partial charge is 0.429 e. The second-order valence-corrected chi connectivity index (χ2v) is 4.50. The van der Waals surface area contributed by atoms with Gasteiger partial charge < -0.3 is 14.8 Å². The van der Waals surface area contributed by atoms with Crippen molar-refractivity contribution in [1.29, 1.82) is 5.26 Å². The fourth-order valence-corrected chi connectivity index (χ4v) is 2.09. The summed E-state index contributed by atoms with van der Waals surface area (Å²) in [4.78, 5) is 0. The van der Waals surface area contributed by atoms with Crippen molar-refractivity contribution in [3.8, 4) is 17.6 Å². The van der Waals surface area contributed by atoms with Gasteiger partial charge in [-0.3, -0.25) is 0 Å². The Hall–Kier alpha value is -1.94. The molecule has 2 rings (SSSR count). The van der Waals surface area contributed by atoms with Crippen LogP contribution < -0.4 is 14.8 Å². The Morgan fingerprint density at radius 1 is 1.35 bits per heavy atom. The van der Waals surface area contributed by atoms with Crippen molar-refractivity contribution in [3.63, 3.8) is 0 Å². The lowest BCUT2D eigenvalue weighted by Gasteiger charge is -2.32. The first-order valence-electron chi connectivity index (χ1n) is 5.96. The van der Waals surface area contributed by atoms with E-state index in [0.29, 0.717) is 0 Å². The summed E-state index contributed by atoms with van der Waals surface area (Å²) >= 11 is 0. The normalized spacial score (nSPS) is 22.4. The van der Waals surface area contributed by atoms with E-state index in [1.54, 1.807) is 0 Å². The molecule has 0 bridgehead atoms. The number of halogens is 3. The van der Waals surface area contributed by atoms with Crippen LogP contribution in [0.4, 0.5) is 13.2 Å². The molecule has 1 fully saturated rings. The molecular weight excluding hydrogens is 273 g/mol. The van der Waals surface area contributed by atoms with E-state index in [4.69, 9.17) is 14.7 Å². The van der Waals surface area contributed by atoms with Crippen LogP contribution in [-0.4, -0.2) is 32.0 Å². The number of hydrogen-bond acceptors (Lipinski definition) is 4. The van der Waals surface area contributed by atoms with Crippen LogP contribution in [0.15, 0.2) is 18.2 Å². The number of rotatable bonds is 3. The number of methoxy groups -OCH3 is 1. The van der Waals surface area contributed by atoms with Crippen LogP contribution in [0.25, 0.3) is 0 Å². The topological polar surface area (TPSA) is 54.3 Å². The van der Waals surface area contributed by atoms with Crippen LogP contribution in [-0.2, 0) is 0 Å². The molecule has 0 radical (unpaired) electrons. The number of nitrogens with one attached hydrogen (secondary N) is 1. The molecule has 1 aromatic carbocycles. The Kier molecular flexibility index (Phi) is 3.77. The molecule has 1 aliphatic heterocycles. The molecular formula is C13H13F3N2O2. The predicted molar refractivity (Wildman–Crippen MR) is 64.6 cm³/mol. The van der Waals surface area contributed by atoms with Gasteiger partial charge in [-0.05, 0) is 18.7 Å². The molecule has 108 valence electrons. The molecule has 0 spiro atoms. The average molecular weight is 286 g/mol. The van der Waals surface area contributed by atoms with E-state index in [0.717, 1.165) is 0 Å². The third kappa shape index (κ3) is 2.51. The summed E-state index contributed by atoms with van der Waals surface area (Å²) < 4.78 is 50.0. The number of alkyl halides is 3. The molecule has 0 amide bonds. The number of ether oxygens (including phenoxy) is 2. The molecule has 0 aromatic heterocycles. The van der Waals surface area contributed by atoms with Gasteiger partial charge in [0.15, 0.2) is 11.5 Å². The molecule has 1 aliphatic rings. The van der Waals surface area contributed by atoms with Crippen molar-refractivity contribution in [3.05, 3.63) is 23.8 Å². The predicted octanol–water partition coefficient (Wildman–Crippen LogP) is 2.24. The quantitative estimate of drug-likeness (QED) is 0.926. The van der Waals surface area contributed by atoms with Crippen LogP contribution in [0, 0.1) is 11.3 Å². The minimum absolute atomic E-state index is 0.0763. The Labute approximate surface area is 114 Å². The molecule has 4 nitrogen and oxygen atoms in total. The second kappa shape index (κ2) is 5.21. The first-order chi connectivity index (χ1) is 9.42. The Bertz CT molecular complexity index is 531. The minimum Gasteiger partial charge on any atom is -0.493 e. The highest BCUT2D eigenvalue weighted by molar-refractivity contribution is 5.47. The van der Waals surface area contributed by atoms with Crippen LogP contribution in [0.5, 0.6) is 11.5 Å². The highest BCUT2D eigenvalue weighted by Crippen LogP contribution is 2.41. The summed E-state index contributed by atoms with van der Waals surface area (Å²) in [7, 11) is 1.33. The van der Waals surface area contributed by atoms with Crippen molar-refractivity contribution < 1.29 is 22.6 Å². The fraction of sp³-hybridized carbons (Fsp3) is 0.462. The van der Waals surface area contributed by atoms with Gasteiger partial charge in [0.05, 0.1) is 18.7 Å². The number of nitriles is 1. The molecule has 1 N–H and O–H groups in total. The van der Waals surface area contributed by atoms with E-state index in [-0.39, 0.29) is 36.6 Å². The monoisotopic (exact) mass is 286 g/mol. The van der Waals surface area contributed by atoms with Gasteiger partial charge >= 0.3 is 6.18 Å². The van der Waals surface area contributed by atoms with Gasteiger partial charge in [0, 0.05) is 19.0 Å². The van der Waals surface area contributed by atoms with Crippen LogP contribution in [0.2, 0.25) is 0 Å². The Balaban J connectivity index is 2.39. The van der Waals surface area contributed by atoms with Crippen molar-refractivity contribution >= 4 is 0 Å². The third-order valence-electron chi connectivity index (χ3n) is 3.23. The van der Waals surface area contributed by atoms with Crippen molar-refractivity contribution in [2.75, 3.05) is 20.2 Å². The van der Waals surface area contributed by atoms with E-state index in [9.17, 15) is 13.2 Å².